The number of allylic oxidation sites excluding steroid dienone is 1. The minimum Gasteiger partial charge on any atom is -0.173 e. The maximum Gasteiger partial charge on any atom is 0.255 e. The zero-order chi connectivity index (χ0) is 5.98. The molecule has 0 amide bonds. The second-order valence-electron chi connectivity index (χ2n) is 1.77. The van der Waals surface area contributed by atoms with Crippen LogP contribution in [0.2, 0.25) is 0 Å². The fourth-order valence-electron chi connectivity index (χ4n) is 0.588. The van der Waals surface area contributed by atoms with Crippen molar-refractivity contribution in [2.24, 2.45) is 4.99 Å². The molecule has 0 saturated carbocycles. The molecule has 0 aromatic carbocycles. The van der Waals surface area contributed by atoms with Crippen molar-refractivity contribution >= 4 is 6.34 Å². The molecule has 1 rings (SSSR count). The number of hydrogen-bond donors (Lipinski definition) is 0. The minimum absolute atomic E-state index is 0.959. The van der Waals surface area contributed by atoms with Crippen molar-refractivity contribution in [1.82, 2.24) is 4.90 Å². The lowest BCUT2D eigenvalue weighted by Gasteiger charge is -1.91. The van der Waals surface area contributed by atoms with Gasteiger partial charge in [-0.2, -0.15) is 4.90 Å². The van der Waals surface area contributed by atoms with Gasteiger partial charge in [0.1, 0.15) is 0 Å². The van der Waals surface area contributed by atoms with E-state index < -0.39 is 0 Å². The molecule has 0 saturated heterocycles. The Morgan fingerprint density at radius 1 is 1.88 bits per heavy atom. The highest BCUT2D eigenvalue weighted by atomic mass is 15.2. The Kier molecular flexibility index (Phi) is 1.27. The van der Waals surface area contributed by atoms with Crippen molar-refractivity contribution in [1.29, 1.82) is 0 Å². The Labute approximate surface area is 49.5 Å². The monoisotopic (exact) mass is 109 g/mol. The summed E-state index contributed by atoms with van der Waals surface area (Å²) in [7, 11) is 0. The minimum atomic E-state index is 0.959. The largest absolute Gasteiger partial charge is 0.255 e. The van der Waals surface area contributed by atoms with Crippen molar-refractivity contribution < 1.29 is 0 Å². The molecule has 0 N–H and O–H groups in total. The smallest absolute Gasteiger partial charge is 0.173 e. The van der Waals surface area contributed by atoms with Crippen LogP contribution in [0.25, 0.3) is 0 Å². The quantitative estimate of drug-likeness (QED) is 0.460. The summed E-state index contributed by atoms with van der Waals surface area (Å²) in [5.41, 5.74) is 1.03. The molecule has 0 aliphatic carbocycles. The lowest BCUT2D eigenvalue weighted by atomic mass is 10.5. The van der Waals surface area contributed by atoms with E-state index in [-0.39, 0.29) is 0 Å². The SMILES string of the molecule is CCN1[C+]=NC(C)=C1. The molecule has 8 heavy (non-hydrogen) atoms. The van der Waals surface area contributed by atoms with Gasteiger partial charge in [-0.1, -0.05) is 0 Å². The normalized spacial score (nSPS) is 16.2. The van der Waals surface area contributed by atoms with E-state index in [9.17, 15) is 0 Å². The van der Waals surface area contributed by atoms with Crippen LogP contribution in [0, 0.1) is 0 Å². The average Bonchev–Trinajstić information content (AvgIpc) is 2.14. The summed E-state index contributed by atoms with van der Waals surface area (Å²) >= 11 is 0. The van der Waals surface area contributed by atoms with E-state index in [0.717, 1.165) is 12.2 Å². The summed E-state index contributed by atoms with van der Waals surface area (Å²) in [5, 5.41) is 0. The molecule has 2 heteroatoms. The van der Waals surface area contributed by atoms with E-state index in [1.165, 1.54) is 0 Å². The molecule has 0 spiro atoms. The number of rotatable bonds is 1. The van der Waals surface area contributed by atoms with E-state index in [2.05, 4.69) is 18.3 Å². The Morgan fingerprint density at radius 3 is 2.88 bits per heavy atom. The predicted molar refractivity (Wildman–Crippen MR) is 33.6 cm³/mol. The van der Waals surface area contributed by atoms with Gasteiger partial charge >= 0.3 is 0 Å². The third-order valence-electron chi connectivity index (χ3n) is 1.04. The van der Waals surface area contributed by atoms with Gasteiger partial charge in [0.2, 0.25) is 5.70 Å². The molecule has 0 fully saturated rings. The first-order valence-electron chi connectivity index (χ1n) is 2.74. The summed E-state index contributed by atoms with van der Waals surface area (Å²) in [6.07, 6.45) is 4.79. The molecular formula is C6H9N2+. The van der Waals surface area contributed by atoms with Crippen LogP contribution in [-0.4, -0.2) is 17.8 Å². The van der Waals surface area contributed by atoms with Crippen LogP contribution in [0.3, 0.4) is 0 Å². The second kappa shape index (κ2) is 1.93. The van der Waals surface area contributed by atoms with Gasteiger partial charge in [-0.15, -0.1) is 0 Å². The van der Waals surface area contributed by atoms with Crippen LogP contribution >= 0.6 is 0 Å². The Balaban J connectivity index is 2.55. The Hall–Kier alpha value is -0.880. The van der Waals surface area contributed by atoms with Crippen LogP contribution in [0.15, 0.2) is 16.9 Å². The molecule has 0 atom stereocenters. The maximum absolute atomic E-state index is 3.93. The van der Waals surface area contributed by atoms with Crippen molar-refractivity contribution in [3.8, 4) is 0 Å². The lowest BCUT2D eigenvalue weighted by molar-refractivity contribution is 0.616. The highest BCUT2D eigenvalue weighted by Crippen LogP contribution is 2.03. The highest BCUT2D eigenvalue weighted by Gasteiger charge is 2.11. The first kappa shape index (κ1) is 5.26. The van der Waals surface area contributed by atoms with E-state index >= 15 is 0 Å². The summed E-state index contributed by atoms with van der Waals surface area (Å²) in [5.74, 6) is 0. The molecule has 0 unspecified atom stereocenters. The van der Waals surface area contributed by atoms with Crippen molar-refractivity contribution in [3.05, 3.63) is 11.9 Å². The first-order chi connectivity index (χ1) is 3.83. The Bertz CT molecular complexity index is 135. The molecule has 1 aliphatic heterocycles. The average molecular weight is 109 g/mol. The molecule has 0 bridgehead atoms. The second-order valence-corrected chi connectivity index (χ2v) is 1.77. The van der Waals surface area contributed by atoms with Crippen molar-refractivity contribution in [2.45, 2.75) is 13.8 Å². The molecule has 2 nitrogen and oxygen atoms in total. The summed E-state index contributed by atoms with van der Waals surface area (Å²) < 4.78 is 0. The standard InChI is InChI=1S/C6H9N2/c1-3-8-4-6(2)7-5-8/h4H,3H2,1-2H3/q+1. The highest BCUT2D eigenvalue weighted by molar-refractivity contribution is 5.61. The van der Waals surface area contributed by atoms with Crippen molar-refractivity contribution in [3.63, 3.8) is 0 Å². The van der Waals surface area contributed by atoms with E-state index in [1.54, 1.807) is 0 Å². The lowest BCUT2D eigenvalue weighted by Crippen LogP contribution is -2.09. The molecule has 0 radical (unpaired) electrons. The number of aliphatic imine (C=N–C) groups is 1. The zero-order valence-corrected chi connectivity index (χ0v) is 5.18. The van der Waals surface area contributed by atoms with E-state index in [4.69, 9.17) is 0 Å². The van der Waals surface area contributed by atoms with Gasteiger partial charge in [0, 0.05) is 6.92 Å². The zero-order valence-electron chi connectivity index (χ0n) is 5.18. The van der Waals surface area contributed by atoms with Gasteiger partial charge in [0.15, 0.2) is 6.20 Å². The van der Waals surface area contributed by atoms with Gasteiger partial charge in [0.05, 0.1) is 6.54 Å². The van der Waals surface area contributed by atoms with Gasteiger partial charge < -0.3 is 0 Å². The summed E-state index contributed by atoms with van der Waals surface area (Å²) in [4.78, 5) is 5.85. The van der Waals surface area contributed by atoms with Crippen molar-refractivity contribution in [2.75, 3.05) is 6.54 Å². The molecular weight excluding hydrogens is 100 g/mol. The van der Waals surface area contributed by atoms with Gasteiger partial charge in [-0.25, -0.2) is 0 Å². The number of hydrogen-bond acceptors (Lipinski definition) is 2. The predicted octanol–water partition coefficient (Wildman–Crippen LogP) is 1.09. The fraction of sp³-hybridized carbons (Fsp3) is 0.500. The van der Waals surface area contributed by atoms with E-state index in [0.29, 0.717) is 0 Å². The molecule has 0 aromatic heterocycles. The van der Waals surface area contributed by atoms with Gasteiger partial charge in [-0.05, 0) is 11.9 Å². The molecule has 42 valence electrons. The molecule has 1 aliphatic rings. The van der Waals surface area contributed by atoms with E-state index in [1.807, 2.05) is 18.0 Å². The maximum atomic E-state index is 3.93. The van der Waals surface area contributed by atoms with Crippen LogP contribution < -0.4 is 0 Å². The van der Waals surface area contributed by atoms with Crippen LogP contribution in [0.4, 0.5) is 0 Å². The topological polar surface area (TPSA) is 15.6 Å². The number of nitrogens with zero attached hydrogens (tertiary/aromatic N) is 2. The third-order valence-corrected chi connectivity index (χ3v) is 1.04. The van der Waals surface area contributed by atoms with Gasteiger partial charge in [0.25, 0.3) is 6.34 Å². The van der Waals surface area contributed by atoms with Crippen LogP contribution in [0.1, 0.15) is 13.8 Å². The fourth-order valence-corrected chi connectivity index (χ4v) is 0.588. The third kappa shape index (κ3) is 0.849. The van der Waals surface area contributed by atoms with Crippen LogP contribution in [-0.2, 0) is 0 Å². The molecule has 0 aromatic rings. The van der Waals surface area contributed by atoms with Gasteiger partial charge in [-0.3, -0.25) is 0 Å². The first-order valence-corrected chi connectivity index (χ1v) is 2.74. The molecule has 1 heterocycles. The summed E-state index contributed by atoms with van der Waals surface area (Å²) in [6, 6.07) is 0. The summed E-state index contributed by atoms with van der Waals surface area (Å²) in [6.45, 7) is 4.99. The Morgan fingerprint density at radius 2 is 2.62 bits per heavy atom. The van der Waals surface area contributed by atoms with Crippen LogP contribution in [0.5, 0.6) is 0 Å².